The van der Waals surface area contributed by atoms with Crippen LogP contribution in [0, 0.1) is 0 Å². The molecule has 0 bridgehead atoms. The highest BCUT2D eigenvalue weighted by atomic mass is 35.5. The molecule has 128 valence electrons. The largest absolute Gasteiger partial charge is 0.325 e. The number of halogens is 1. The maximum absolute atomic E-state index is 12.0. The van der Waals surface area contributed by atoms with E-state index in [-0.39, 0.29) is 0 Å². The Morgan fingerprint density at radius 1 is 1.29 bits per heavy atom. The molecule has 0 fully saturated rings. The van der Waals surface area contributed by atoms with Gasteiger partial charge in [-0.05, 0) is 24.3 Å². The molecule has 0 saturated carbocycles. The van der Waals surface area contributed by atoms with Crippen molar-refractivity contribution in [3.63, 3.8) is 0 Å². The van der Waals surface area contributed by atoms with Crippen LogP contribution in [-0.4, -0.2) is 36.5 Å². The number of fused-ring (bicyclic) bond motifs is 1. The van der Waals surface area contributed by atoms with E-state index in [1.165, 1.54) is 21.9 Å². The molecule has 1 aliphatic heterocycles. The molecule has 1 aliphatic rings. The third kappa shape index (κ3) is 4.04. The summed E-state index contributed by atoms with van der Waals surface area (Å²) in [5.41, 5.74) is 1.45. The molecule has 1 aromatic carbocycles. The lowest BCUT2D eigenvalue weighted by atomic mass is 10.2. The van der Waals surface area contributed by atoms with Crippen molar-refractivity contribution in [2.75, 3.05) is 23.4 Å². The van der Waals surface area contributed by atoms with Gasteiger partial charge in [0.2, 0.25) is 10.0 Å². The summed E-state index contributed by atoms with van der Waals surface area (Å²) in [6.45, 7) is 0.707. The lowest BCUT2D eigenvalue weighted by Gasteiger charge is -2.23. The van der Waals surface area contributed by atoms with Crippen LogP contribution in [0.15, 0.2) is 24.3 Å². The molecular weight excluding hydrogens is 372 g/mol. The predicted octanol–water partition coefficient (Wildman–Crippen LogP) is 2.76. The lowest BCUT2D eigenvalue weighted by molar-refractivity contribution is 0.262. The number of thiazole rings is 1. The average Bonchev–Trinajstić information content (AvgIpc) is 2.89. The van der Waals surface area contributed by atoms with Gasteiger partial charge in [-0.3, -0.25) is 5.32 Å². The Bertz CT molecular complexity index is 865. The Kier molecular flexibility index (Phi) is 4.77. The molecule has 2 amide bonds. The second kappa shape index (κ2) is 6.67. The van der Waals surface area contributed by atoms with Gasteiger partial charge in [0.05, 0.1) is 11.9 Å². The minimum atomic E-state index is -3.22. The van der Waals surface area contributed by atoms with Crippen LogP contribution >= 0.6 is 22.9 Å². The first-order valence-electron chi connectivity index (χ1n) is 7.08. The number of hydrogen-bond acceptors (Lipinski definition) is 5. The molecule has 0 spiro atoms. The fraction of sp³-hybridized carbons (Fsp3) is 0.286. The normalized spacial score (nSPS) is 14.9. The Morgan fingerprint density at radius 3 is 2.67 bits per heavy atom. The van der Waals surface area contributed by atoms with Crippen molar-refractivity contribution in [2.45, 2.75) is 13.0 Å². The van der Waals surface area contributed by atoms with E-state index in [0.717, 1.165) is 10.6 Å². The summed E-state index contributed by atoms with van der Waals surface area (Å²) < 4.78 is 24.7. The maximum atomic E-state index is 12.0. The number of amides is 2. The van der Waals surface area contributed by atoms with Gasteiger partial charge in [-0.1, -0.05) is 22.9 Å². The summed E-state index contributed by atoms with van der Waals surface area (Å²) >= 11 is 7.08. The van der Waals surface area contributed by atoms with Crippen molar-refractivity contribution in [1.29, 1.82) is 0 Å². The van der Waals surface area contributed by atoms with Gasteiger partial charge in [0, 0.05) is 35.1 Å². The van der Waals surface area contributed by atoms with Crippen molar-refractivity contribution >= 4 is 49.8 Å². The molecule has 10 heteroatoms. The smallest absolute Gasteiger partial charge is 0.308 e. The van der Waals surface area contributed by atoms with Crippen LogP contribution in [0.5, 0.6) is 0 Å². The summed E-state index contributed by atoms with van der Waals surface area (Å²) in [7, 11) is -3.22. The van der Waals surface area contributed by atoms with Crippen LogP contribution in [0.25, 0.3) is 0 Å². The number of urea groups is 1. The summed E-state index contributed by atoms with van der Waals surface area (Å²) in [5.74, 6) is 0. The number of anilines is 2. The Labute approximate surface area is 148 Å². The molecule has 0 radical (unpaired) electrons. The van der Waals surface area contributed by atoms with Crippen molar-refractivity contribution in [1.82, 2.24) is 9.29 Å². The van der Waals surface area contributed by atoms with E-state index in [4.69, 9.17) is 11.6 Å². The first-order valence-corrected chi connectivity index (χ1v) is 10.1. The fourth-order valence-electron chi connectivity index (χ4n) is 2.30. The highest BCUT2D eigenvalue weighted by molar-refractivity contribution is 7.88. The molecular formula is C14H15ClN4O3S2. The molecule has 0 saturated heterocycles. The number of carbonyl (C=O) groups excluding carboxylic acids is 1. The van der Waals surface area contributed by atoms with E-state index < -0.39 is 16.1 Å². The number of benzene rings is 1. The second-order valence-corrected chi connectivity index (χ2v) is 8.82. The van der Waals surface area contributed by atoms with Crippen LogP contribution in [0.3, 0.4) is 0 Å². The number of rotatable bonds is 3. The monoisotopic (exact) mass is 386 g/mol. The molecule has 7 nitrogen and oxygen atoms in total. The van der Waals surface area contributed by atoms with Crippen LogP contribution in [0.4, 0.5) is 15.6 Å². The van der Waals surface area contributed by atoms with Crippen molar-refractivity contribution in [3.05, 3.63) is 39.9 Å². The molecule has 2 heterocycles. The average molecular weight is 387 g/mol. The van der Waals surface area contributed by atoms with Crippen LogP contribution < -0.4 is 10.6 Å². The second-order valence-electron chi connectivity index (χ2n) is 5.32. The number of aromatic nitrogens is 1. The first-order chi connectivity index (χ1) is 11.3. The van der Waals surface area contributed by atoms with E-state index in [9.17, 15) is 13.2 Å². The summed E-state index contributed by atoms with van der Waals surface area (Å²) in [6.07, 6.45) is 1.73. The highest BCUT2D eigenvalue weighted by Gasteiger charge is 2.26. The van der Waals surface area contributed by atoms with E-state index in [1.54, 1.807) is 24.3 Å². The minimum absolute atomic E-state index is 0.298. The Hall–Kier alpha value is -1.68. The third-order valence-corrected chi connectivity index (χ3v) is 5.99. The van der Waals surface area contributed by atoms with Gasteiger partial charge in [0.15, 0.2) is 5.13 Å². The molecule has 0 unspecified atom stereocenters. The molecule has 24 heavy (non-hydrogen) atoms. The van der Waals surface area contributed by atoms with Crippen molar-refractivity contribution in [2.24, 2.45) is 0 Å². The van der Waals surface area contributed by atoms with Crippen molar-refractivity contribution in [3.8, 4) is 0 Å². The predicted molar refractivity (Wildman–Crippen MR) is 95.2 cm³/mol. The SMILES string of the molecule is CS(=O)(=O)N1CCc2nc(NC(=O)Nc3ccc(Cl)cc3)sc2C1. The number of hydrogen-bond donors (Lipinski definition) is 2. The quantitative estimate of drug-likeness (QED) is 0.848. The van der Waals surface area contributed by atoms with Gasteiger partial charge in [-0.2, -0.15) is 4.31 Å². The van der Waals surface area contributed by atoms with Crippen LogP contribution in [0.2, 0.25) is 5.02 Å². The van der Waals surface area contributed by atoms with Gasteiger partial charge in [-0.25, -0.2) is 18.2 Å². The van der Waals surface area contributed by atoms with E-state index in [2.05, 4.69) is 15.6 Å². The molecule has 2 N–H and O–H groups in total. The molecule has 0 aliphatic carbocycles. The third-order valence-electron chi connectivity index (χ3n) is 3.49. The molecule has 2 aromatic rings. The molecule has 3 rings (SSSR count). The molecule has 1 aromatic heterocycles. The summed E-state index contributed by atoms with van der Waals surface area (Å²) in [6, 6.07) is 6.33. The maximum Gasteiger partial charge on any atom is 0.325 e. The van der Waals surface area contributed by atoms with Gasteiger partial charge >= 0.3 is 6.03 Å². The summed E-state index contributed by atoms with van der Waals surface area (Å²) in [5, 5.41) is 6.39. The van der Waals surface area contributed by atoms with Gasteiger partial charge in [0.25, 0.3) is 0 Å². The van der Waals surface area contributed by atoms with Crippen LogP contribution in [-0.2, 0) is 23.0 Å². The summed E-state index contributed by atoms with van der Waals surface area (Å²) in [4.78, 5) is 17.2. The highest BCUT2D eigenvalue weighted by Crippen LogP contribution is 2.29. The van der Waals surface area contributed by atoms with E-state index in [0.29, 0.717) is 35.4 Å². The number of sulfonamides is 1. The zero-order valence-corrected chi connectivity index (χ0v) is 15.1. The molecule has 0 atom stereocenters. The standard InChI is InChI=1S/C14H15ClN4O3S2/c1-24(21,22)19-7-6-11-12(8-19)23-14(17-11)18-13(20)16-10-4-2-9(15)3-5-10/h2-5H,6-8H2,1H3,(H2,16,17,18,20). The van der Waals surface area contributed by atoms with Gasteiger partial charge in [0.1, 0.15) is 0 Å². The van der Waals surface area contributed by atoms with Gasteiger partial charge in [-0.15, -0.1) is 0 Å². The lowest BCUT2D eigenvalue weighted by Crippen LogP contribution is -2.34. The topological polar surface area (TPSA) is 91.4 Å². The zero-order valence-electron chi connectivity index (χ0n) is 12.7. The number of carbonyl (C=O) groups is 1. The Morgan fingerprint density at radius 2 is 2.00 bits per heavy atom. The number of nitrogens with zero attached hydrogens (tertiary/aromatic N) is 2. The van der Waals surface area contributed by atoms with Crippen LogP contribution in [0.1, 0.15) is 10.6 Å². The number of nitrogens with one attached hydrogen (secondary N) is 2. The Balaban J connectivity index is 1.66. The van der Waals surface area contributed by atoms with E-state index in [1.807, 2.05) is 0 Å². The fourth-order valence-corrected chi connectivity index (χ4v) is 4.31. The van der Waals surface area contributed by atoms with Crippen molar-refractivity contribution < 1.29 is 13.2 Å². The van der Waals surface area contributed by atoms with E-state index >= 15 is 0 Å². The first kappa shape index (κ1) is 17.2. The minimum Gasteiger partial charge on any atom is -0.308 e. The van der Waals surface area contributed by atoms with Gasteiger partial charge < -0.3 is 5.32 Å². The zero-order chi connectivity index (χ0) is 17.3.